The molecular weight excluding hydrogens is 209 g/mol. The largest absolute Gasteiger partial charge is 0.497 e. The van der Waals surface area contributed by atoms with Crippen LogP contribution in [0, 0.1) is 5.82 Å². The van der Waals surface area contributed by atoms with Crippen LogP contribution in [0.5, 0.6) is 5.75 Å². The van der Waals surface area contributed by atoms with Crippen molar-refractivity contribution in [3.8, 4) is 5.75 Å². The first-order chi connectivity index (χ1) is 6.60. The van der Waals surface area contributed by atoms with E-state index in [2.05, 4.69) is 0 Å². The number of benzene rings is 1. The predicted octanol–water partition coefficient (Wildman–Crippen LogP) is 1.84. The molecule has 0 radical (unpaired) electrons. The van der Waals surface area contributed by atoms with Crippen molar-refractivity contribution in [2.45, 2.75) is 0 Å². The summed E-state index contributed by atoms with van der Waals surface area (Å²) in [5.74, 6) is -1.23. The van der Waals surface area contributed by atoms with Crippen LogP contribution in [0.15, 0.2) is 12.1 Å². The number of methoxy groups -OCH3 is 1. The Morgan fingerprint density at radius 2 is 2.29 bits per heavy atom. The molecule has 1 aromatic rings. The number of rotatable bonds is 3. The second kappa shape index (κ2) is 4.28. The number of alkyl halides is 1. The average molecular weight is 218 g/mol. The van der Waals surface area contributed by atoms with Gasteiger partial charge in [0.1, 0.15) is 5.75 Å². The monoisotopic (exact) mass is 217 g/mol. The van der Waals surface area contributed by atoms with Crippen LogP contribution in [0.4, 0.5) is 10.1 Å². The zero-order chi connectivity index (χ0) is 10.7. The molecule has 0 aliphatic heterocycles. The minimum Gasteiger partial charge on any atom is -0.497 e. The molecule has 0 aliphatic rings. The summed E-state index contributed by atoms with van der Waals surface area (Å²) in [6.45, 7) is 0. The Morgan fingerprint density at radius 3 is 2.79 bits per heavy atom. The van der Waals surface area contributed by atoms with Crippen molar-refractivity contribution < 1.29 is 13.9 Å². The zero-order valence-corrected chi connectivity index (χ0v) is 8.27. The van der Waals surface area contributed by atoms with Gasteiger partial charge in [0.05, 0.1) is 24.2 Å². The fourth-order valence-electron chi connectivity index (χ4n) is 1.01. The van der Waals surface area contributed by atoms with Crippen molar-refractivity contribution in [2.24, 2.45) is 0 Å². The van der Waals surface area contributed by atoms with Gasteiger partial charge in [-0.1, -0.05) is 0 Å². The maximum Gasteiger partial charge on any atom is 0.180 e. The van der Waals surface area contributed by atoms with Gasteiger partial charge < -0.3 is 10.5 Å². The van der Waals surface area contributed by atoms with Crippen LogP contribution in [0.2, 0.25) is 0 Å². The number of anilines is 1. The molecule has 2 N–H and O–H groups in total. The lowest BCUT2D eigenvalue weighted by molar-refractivity contribution is 0.101. The molecule has 0 aromatic heterocycles. The predicted molar refractivity (Wildman–Crippen MR) is 52.4 cm³/mol. The van der Waals surface area contributed by atoms with Crippen LogP contribution in [0.25, 0.3) is 0 Å². The standard InChI is InChI=1S/C9H9ClFNO2/c1-14-5-2-6(8(13)4-10)9(11)7(12)3-5/h2-3H,4,12H2,1H3. The normalized spacial score (nSPS) is 9.93. The van der Waals surface area contributed by atoms with Crippen LogP contribution >= 0.6 is 11.6 Å². The molecule has 0 fully saturated rings. The molecule has 0 saturated heterocycles. The maximum absolute atomic E-state index is 13.3. The molecule has 0 bridgehead atoms. The summed E-state index contributed by atoms with van der Waals surface area (Å²) in [7, 11) is 1.40. The minimum absolute atomic E-state index is 0.127. The van der Waals surface area contributed by atoms with Crippen molar-refractivity contribution in [3.63, 3.8) is 0 Å². The molecule has 0 amide bonds. The van der Waals surface area contributed by atoms with Gasteiger partial charge in [-0.3, -0.25) is 4.79 Å². The number of Topliss-reactive ketones (excluding diaryl/α,β-unsaturated/α-hetero) is 1. The molecule has 0 spiro atoms. The fourth-order valence-corrected chi connectivity index (χ4v) is 1.16. The highest BCUT2D eigenvalue weighted by Crippen LogP contribution is 2.23. The van der Waals surface area contributed by atoms with E-state index >= 15 is 0 Å². The Balaban J connectivity index is 3.27. The molecular formula is C9H9ClFNO2. The van der Waals surface area contributed by atoms with E-state index in [1.807, 2.05) is 0 Å². The number of halogens is 2. The summed E-state index contributed by atoms with van der Waals surface area (Å²) in [6.07, 6.45) is 0. The summed E-state index contributed by atoms with van der Waals surface area (Å²) in [6, 6.07) is 2.58. The quantitative estimate of drug-likeness (QED) is 0.478. The number of hydrogen-bond acceptors (Lipinski definition) is 3. The molecule has 3 nitrogen and oxygen atoms in total. The van der Waals surface area contributed by atoms with E-state index in [4.69, 9.17) is 22.1 Å². The second-order valence-corrected chi connectivity index (χ2v) is 2.90. The first kappa shape index (κ1) is 10.8. The Morgan fingerprint density at radius 1 is 1.64 bits per heavy atom. The second-order valence-electron chi connectivity index (χ2n) is 2.63. The van der Waals surface area contributed by atoms with Gasteiger partial charge >= 0.3 is 0 Å². The molecule has 0 saturated carbocycles. The number of ketones is 1. The van der Waals surface area contributed by atoms with Crippen molar-refractivity contribution in [1.82, 2.24) is 0 Å². The van der Waals surface area contributed by atoms with Gasteiger partial charge in [0, 0.05) is 6.07 Å². The molecule has 14 heavy (non-hydrogen) atoms. The Kier molecular flexibility index (Phi) is 3.30. The van der Waals surface area contributed by atoms with Crippen LogP contribution in [-0.2, 0) is 0 Å². The topological polar surface area (TPSA) is 52.3 Å². The number of ether oxygens (including phenoxy) is 1. The summed E-state index contributed by atoms with van der Waals surface area (Å²) in [5, 5.41) is 0. The van der Waals surface area contributed by atoms with E-state index in [9.17, 15) is 9.18 Å². The zero-order valence-electron chi connectivity index (χ0n) is 7.51. The maximum atomic E-state index is 13.3. The first-order valence-electron chi connectivity index (χ1n) is 3.82. The number of nitrogen functional groups attached to an aromatic ring is 1. The third-order valence-corrected chi connectivity index (χ3v) is 1.97. The van der Waals surface area contributed by atoms with E-state index in [0.717, 1.165) is 0 Å². The van der Waals surface area contributed by atoms with E-state index in [-0.39, 0.29) is 17.1 Å². The lowest BCUT2D eigenvalue weighted by Crippen LogP contribution is -2.06. The van der Waals surface area contributed by atoms with Crippen molar-refractivity contribution in [2.75, 3.05) is 18.7 Å². The highest BCUT2D eigenvalue weighted by molar-refractivity contribution is 6.30. The molecule has 1 rings (SSSR count). The highest BCUT2D eigenvalue weighted by atomic mass is 35.5. The van der Waals surface area contributed by atoms with Gasteiger partial charge in [-0.25, -0.2) is 4.39 Å². The van der Waals surface area contributed by atoms with Gasteiger partial charge in [-0.15, -0.1) is 11.6 Å². The van der Waals surface area contributed by atoms with E-state index in [0.29, 0.717) is 5.75 Å². The lowest BCUT2D eigenvalue weighted by Gasteiger charge is -2.06. The molecule has 0 heterocycles. The van der Waals surface area contributed by atoms with Gasteiger partial charge in [0.15, 0.2) is 11.6 Å². The highest BCUT2D eigenvalue weighted by Gasteiger charge is 2.14. The number of hydrogen-bond donors (Lipinski definition) is 1. The number of nitrogens with two attached hydrogens (primary N) is 1. The first-order valence-corrected chi connectivity index (χ1v) is 4.35. The average Bonchev–Trinajstić information content (AvgIpc) is 2.20. The van der Waals surface area contributed by atoms with Gasteiger partial charge in [-0.05, 0) is 6.07 Å². The van der Waals surface area contributed by atoms with Crippen molar-refractivity contribution in [3.05, 3.63) is 23.5 Å². The Labute approximate surface area is 85.6 Å². The van der Waals surface area contributed by atoms with E-state index in [1.165, 1.54) is 19.2 Å². The van der Waals surface area contributed by atoms with Crippen molar-refractivity contribution >= 4 is 23.1 Å². The molecule has 0 unspecified atom stereocenters. The summed E-state index contributed by atoms with van der Waals surface area (Å²) < 4.78 is 18.1. The van der Waals surface area contributed by atoms with Crippen LogP contribution in [0.3, 0.4) is 0 Å². The summed E-state index contributed by atoms with van der Waals surface area (Å²) in [5.41, 5.74) is 5.07. The van der Waals surface area contributed by atoms with E-state index in [1.54, 1.807) is 0 Å². The smallest absolute Gasteiger partial charge is 0.180 e. The SMILES string of the molecule is COc1cc(N)c(F)c(C(=O)CCl)c1. The van der Waals surface area contributed by atoms with Gasteiger partial charge in [0.25, 0.3) is 0 Å². The Bertz CT molecular complexity index is 368. The van der Waals surface area contributed by atoms with Crippen LogP contribution < -0.4 is 10.5 Å². The summed E-state index contributed by atoms with van der Waals surface area (Å²) in [4.78, 5) is 11.2. The number of carbonyl (C=O) groups excluding carboxylic acids is 1. The summed E-state index contributed by atoms with van der Waals surface area (Å²) >= 11 is 5.31. The molecule has 76 valence electrons. The molecule has 0 aliphatic carbocycles. The third-order valence-electron chi connectivity index (χ3n) is 1.73. The minimum atomic E-state index is -0.753. The molecule has 0 atom stereocenters. The van der Waals surface area contributed by atoms with E-state index < -0.39 is 11.6 Å². The third kappa shape index (κ3) is 1.96. The van der Waals surface area contributed by atoms with Crippen LogP contribution in [-0.4, -0.2) is 18.8 Å². The lowest BCUT2D eigenvalue weighted by atomic mass is 10.1. The molecule has 1 aromatic carbocycles. The molecule has 5 heteroatoms. The van der Waals surface area contributed by atoms with Gasteiger partial charge in [0.2, 0.25) is 0 Å². The van der Waals surface area contributed by atoms with Gasteiger partial charge in [-0.2, -0.15) is 0 Å². The fraction of sp³-hybridized carbons (Fsp3) is 0.222. The Hall–Kier alpha value is -1.29. The number of carbonyl (C=O) groups is 1. The van der Waals surface area contributed by atoms with Crippen molar-refractivity contribution in [1.29, 1.82) is 0 Å². The van der Waals surface area contributed by atoms with Crippen LogP contribution in [0.1, 0.15) is 10.4 Å².